The molecule has 0 fully saturated rings. The SMILES string of the molecule is c1ccc(-c2ccc(-c3nc(-c4ccccc4)nc(-c4nc(-c5ccccc5)nc(-c5cccc6c5Cc5ccccc5-6)n4)n3)cc2)cc1. The smallest absolute Gasteiger partial charge is 0.202 e. The average molecular weight is 629 g/mol. The number of hydrogen-bond donors (Lipinski definition) is 0. The zero-order valence-corrected chi connectivity index (χ0v) is 26.4. The molecule has 0 unspecified atom stereocenters. The summed E-state index contributed by atoms with van der Waals surface area (Å²) < 4.78 is 0. The summed E-state index contributed by atoms with van der Waals surface area (Å²) >= 11 is 0. The third kappa shape index (κ3) is 5.45. The molecule has 6 heteroatoms. The summed E-state index contributed by atoms with van der Waals surface area (Å²) in [7, 11) is 0. The van der Waals surface area contributed by atoms with Crippen molar-refractivity contribution in [1.29, 1.82) is 0 Å². The van der Waals surface area contributed by atoms with E-state index in [0.29, 0.717) is 34.9 Å². The van der Waals surface area contributed by atoms with Crippen LogP contribution in [0.2, 0.25) is 0 Å². The molecule has 0 saturated carbocycles. The maximum absolute atomic E-state index is 5.09. The highest BCUT2D eigenvalue weighted by Crippen LogP contribution is 2.41. The minimum Gasteiger partial charge on any atom is -0.208 e. The van der Waals surface area contributed by atoms with Gasteiger partial charge in [0.15, 0.2) is 23.3 Å². The van der Waals surface area contributed by atoms with Gasteiger partial charge in [-0.05, 0) is 39.8 Å². The van der Waals surface area contributed by atoms with Crippen molar-refractivity contribution in [3.05, 3.63) is 169 Å². The quantitative estimate of drug-likeness (QED) is 0.182. The molecule has 6 aromatic carbocycles. The van der Waals surface area contributed by atoms with Crippen LogP contribution in [-0.4, -0.2) is 29.9 Å². The number of nitrogens with zero attached hydrogens (tertiary/aromatic N) is 6. The molecular formula is C43H28N6. The van der Waals surface area contributed by atoms with Crippen molar-refractivity contribution in [2.24, 2.45) is 0 Å². The summed E-state index contributed by atoms with van der Waals surface area (Å²) in [5.41, 5.74) is 10.9. The Balaban J connectivity index is 1.22. The van der Waals surface area contributed by atoms with Crippen molar-refractivity contribution >= 4 is 0 Å². The van der Waals surface area contributed by atoms with E-state index in [1.807, 2.05) is 78.9 Å². The first-order valence-corrected chi connectivity index (χ1v) is 16.3. The number of fused-ring (bicyclic) bond motifs is 3. The second-order valence-corrected chi connectivity index (χ2v) is 12.0. The molecule has 0 atom stereocenters. The van der Waals surface area contributed by atoms with E-state index in [1.165, 1.54) is 22.3 Å². The number of hydrogen-bond acceptors (Lipinski definition) is 6. The molecule has 6 nitrogen and oxygen atoms in total. The fraction of sp³-hybridized carbons (Fsp3) is 0.0233. The zero-order chi connectivity index (χ0) is 32.6. The van der Waals surface area contributed by atoms with Crippen LogP contribution >= 0.6 is 0 Å². The molecule has 230 valence electrons. The van der Waals surface area contributed by atoms with E-state index in [9.17, 15) is 0 Å². The predicted molar refractivity (Wildman–Crippen MR) is 194 cm³/mol. The summed E-state index contributed by atoms with van der Waals surface area (Å²) in [6, 6.07) is 53.5. The summed E-state index contributed by atoms with van der Waals surface area (Å²) in [5.74, 6) is 3.01. The van der Waals surface area contributed by atoms with E-state index in [1.54, 1.807) is 0 Å². The van der Waals surface area contributed by atoms with Crippen molar-refractivity contribution in [3.8, 4) is 79.5 Å². The van der Waals surface area contributed by atoms with Crippen molar-refractivity contribution in [1.82, 2.24) is 29.9 Å². The number of benzene rings is 6. The molecule has 8 aromatic rings. The van der Waals surface area contributed by atoms with Gasteiger partial charge in [-0.15, -0.1) is 0 Å². The molecule has 9 rings (SSSR count). The maximum atomic E-state index is 5.09. The first-order valence-electron chi connectivity index (χ1n) is 16.3. The Labute approximate surface area is 284 Å². The lowest BCUT2D eigenvalue weighted by Gasteiger charge is -2.12. The number of rotatable bonds is 6. The molecule has 2 heterocycles. The zero-order valence-electron chi connectivity index (χ0n) is 26.4. The Morgan fingerprint density at radius 1 is 0.265 bits per heavy atom. The highest BCUT2D eigenvalue weighted by molar-refractivity contribution is 5.84. The average Bonchev–Trinajstić information content (AvgIpc) is 3.58. The molecule has 0 N–H and O–H groups in total. The van der Waals surface area contributed by atoms with Crippen molar-refractivity contribution in [2.45, 2.75) is 6.42 Å². The van der Waals surface area contributed by atoms with Gasteiger partial charge in [-0.3, -0.25) is 0 Å². The van der Waals surface area contributed by atoms with Crippen LogP contribution in [0.15, 0.2) is 158 Å². The van der Waals surface area contributed by atoms with E-state index in [4.69, 9.17) is 29.9 Å². The Bertz CT molecular complexity index is 2450. The Hall–Kier alpha value is -6.66. The minimum absolute atomic E-state index is 0.382. The Morgan fingerprint density at radius 2 is 0.653 bits per heavy atom. The van der Waals surface area contributed by atoms with Crippen molar-refractivity contribution in [2.75, 3.05) is 0 Å². The lowest BCUT2D eigenvalue weighted by molar-refractivity contribution is 1.00. The molecule has 0 bridgehead atoms. The van der Waals surface area contributed by atoms with Crippen molar-refractivity contribution < 1.29 is 0 Å². The molecule has 49 heavy (non-hydrogen) atoms. The lowest BCUT2D eigenvalue weighted by Crippen LogP contribution is -2.06. The normalized spacial score (nSPS) is 11.6. The van der Waals surface area contributed by atoms with Gasteiger partial charge in [0.05, 0.1) is 0 Å². The summed E-state index contributed by atoms with van der Waals surface area (Å²) in [4.78, 5) is 30.0. The monoisotopic (exact) mass is 628 g/mol. The van der Waals surface area contributed by atoms with Crippen LogP contribution in [0.3, 0.4) is 0 Å². The van der Waals surface area contributed by atoms with Crippen LogP contribution in [0, 0.1) is 0 Å². The third-order valence-electron chi connectivity index (χ3n) is 8.88. The minimum atomic E-state index is 0.382. The molecular weight excluding hydrogens is 601 g/mol. The largest absolute Gasteiger partial charge is 0.208 e. The van der Waals surface area contributed by atoms with Gasteiger partial charge in [0.2, 0.25) is 11.6 Å². The van der Waals surface area contributed by atoms with Gasteiger partial charge in [0.1, 0.15) is 0 Å². The van der Waals surface area contributed by atoms with Crippen LogP contribution < -0.4 is 0 Å². The topological polar surface area (TPSA) is 77.3 Å². The highest BCUT2D eigenvalue weighted by atomic mass is 15.1. The van der Waals surface area contributed by atoms with E-state index >= 15 is 0 Å². The molecule has 0 spiro atoms. The highest BCUT2D eigenvalue weighted by Gasteiger charge is 2.24. The molecule has 1 aliphatic carbocycles. The predicted octanol–water partition coefficient (Wildman–Crippen LogP) is 9.63. The van der Waals surface area contributed by atoms with E-state index in [2.05, 4.69) is 78.9 Å². The first-order chi connectivity index (χ1) is 24.3. The van der Waals surface area contributed by atoms with Crippen LogP contribution in [0.1, 0.15) is 11.1 Å². The molecule has 0 saturated heterocycles. The van der Waals surface area contributed by atoms with Crippen molar-refractivity contribution in [3.63, 3.8) is 0 Å². The molecule has 0 aliphatic heterocycles. The van der Waals surface area contributed by atoms with E-state index in [0.717, 1.165) is 39.8 Å². The molecule has 2 aromatic heterocycles. The number of aromatic nitrogens is 6. The van der Waals surface area contributed by atoms with Crippen LogP contribution in [0.4, 0.5) is 0 Å². The fourth-order valence-electron chi connectivity index (χ4n) is 6.44. The van der Waals surface area contributed by atoms with Gasteiger partial charge < -0.3 is 0 Å². The second kappa shape index (κ2) is 12.2. The Morgan fingerprint density at radius 3 is 1.27 bits per heavy atom. The van der Waals surface area contributed by atoms with Gasteiger partial charge >= 0.3 is 0 Å². The lowest BCUT2D eigenvalue weighted by atomic mass is 10.0. The van der Waals surface area contributed by atoms with Crippen LogP contribution in [-0.2, 0) is 6.42 Å². The fourth-order valence-corrected chi connectivity index (χ4v) is 6.44. The standard InChI is InChI=1S/C43H28N6/c1-4-13-28(14-5-1)29-23-25-32(26-24-29)40-44-38(30-15-6-2-7-16-30)46-42(48-40)43-47-39(31-17-8-3-9-18-31)45-41(49-43)36-22-12-21-35-34-20-11-10-19-33(34)27-37(35)36/h1-26H,27H2. The molecule has 1 aliphatic rings. The van der Waals surface area contributed by atoms with E-state index < -0.39 is 0 Å². The second-order valence-electron chi connectivity index (χ2n) is 12.0. The summed E-state index contributed by atoms with van der Waals surface area (Å²) in [6.45, 7) is 0. The third-order valence-corrected chi connectivity index (χ3v) is 8.88. The van der Waals surface area contributed by atoms with Gasteiger partial charge in [-0.2, -0.15) is 0 Å². The van der Waals surface area contributed by atoms with Crippen LogP contribution in [0.25, 0.3) is 79.5 Å². The maximum Gasteiger partial charge on any atom is 0.202 e. The van der Waals surface area contributed by atoms with Gasteiger partial charge in [0.25, 0.3) is 0 Å². The van der Waals surface area contributed by atoms with Crippen LogP contribution in [0.5, 0.6) is 0 Å². The van der Waals surface area contributed by atoms with Gasteiger partial charge in [0, 0.05) is 22.3 Å². The Kier molecular flexibility index (Phi) is 7.09. The van der Waals surface area contributed by atoms with Gasteiger partial charge in [-0.1, -0.05) is 158 Å². The molecule has 0 amide bonds. The van der Waals surface area contributed by atoms with E-state index in [-0.39, 0.29) is 0 Å². The first kappa shape index (κ1) is 28.6. The summed E-state index contributed by atoms with van der Waals surface area (Å²) in [5, 5.41) is 0. The molecule has 0 radical (unpaired) electrons. The summed E-state index contributed by atoms with van der Waals surface area (Å²) in [6.07, 6.45) is 0.816. The van der Waals surface area contributed by atoms with Gasteiger partial charge in [-0.25, -0.2) is 29.9 Å².